The van der Waals surface area contributed by atoms with Gasteiger partial charge in [0.15, 0.2) is 0 Å². The van der Waals surface area contributed by atoms with Gasteiger partial charge in [0, 0.05) is 6.08 Å². The minimum absolute atomic E-state index is 0.423. The number of thiophene rings is 1. The molecule has 0 radical (unpaired) electrons. The molecule has 0 saturated carbocycles. The lowest BCUT2D eigenvalue weighted by molar-refractivity contribution is 0.415. The number of methoxy groups -OCH3 is 1. The maximum absolute atomic E-state index is 14.4. The first-order valence-electron chi connectivity index (χ1n) is 6.37. The van der Waals surface area contributed by atoms with Crippen molar-refractivity contribution >= 4 is 23.4 Å². The van der Waals surface area contributed by atoms with Gasteiger partial charge in [-0.15, -0.1) is 11.3 Å². The van der Waals surface area contributed by atoms with Crippen LogP contribution in [0.5, 0.6) is 5.75 Å². The van der Waals surface area contributed by atoms with Gasteiger partial charge < -0.3 is 4.74 Å². The van der Waals surface area contributed by atoms with E-state index >= 15 is 0 Å². The molecular formula is C16H13FN2OS. The number of halogens is 1. The normalized spacial score (nSPS) is 11.6. The highest BCUT2D eigenvalue weighted by atomic mass is 32.1. The number of nitrogens with zero attached hydrogens (tertiary/aromatic N) is 2. The highest BCUT2D eigenvalue weighted by Gasteiger charge is 2.10. The Kier molecular flexibility index (Phi) is 3.83. The monoisotopic (exact) mass is 300 g/mol. The second kappa shape index (κ2) is 5.93. The predicted molar refractivity (Wildman–Crippen MR) is 83.8 cm³/mol. The van der Waals surface area contributed by atoms with Crippen molar-refractivity contribution in [2.45, 2.75) is 0 Å². The fourth-order valence-corrected chi connectivity index (χ4v) is 2.72. The van der Waals surface area contributed by atoms with Crippen LogP contribution in [0.3, 0.4) is 0 Å². The highest BCUT2D eigenvalue weighted by Crippen LogP contribution is 2.27. The first-order chi connectivity index (χ1) is 10.3. The number of benzene rings is 1. The van der Waals surface area contributed by atoms with Crippen molar-refractivity contribution in [3.05, 3.63) is 59.6 Å². The molecule has 3 nitrogen and oxygen atoms in total. The van der Waals surface area contributed by atoms with Crippen LogP contribution in [-0.2, 0) is 0 Å². The Morgan fingerprint density at radius 1 is 1.24 bits per heavy atom. The molecule has 0 aliphatic carbocycles. The van der Waals surface area contributed by atoms with Crippen LogP contribution in [0, 0.1) is 0 Å². The first kappa shape index (κ1) is 13.6. The van der Waals surface area contributed by atoms with Crippen molar-refractivity contribution < 1.29 is 9.13 Å². The number of hydrogen-bond acceptors (Lipinski definition) is 3. The quantitative estimate of drug-likeness (QED) is 0.707. The Balaban J connectivity index is 1.93. The molecule has 0 aliphatic heterocycles. The van der Waals surface area contributed by atoms with Crippen molar-refractivity contribution in [1.82, 2.24) is 9.78 Å². The van der Waals surface area contributed by atoms with E-state index in [9.17, 15) is 4.39 Å². The van der Waals surface area contributed by atoms with Crippen LogP contribution in [0.2, 0.25) is 0 Å². The van der Waals surface area contributed by atoms with Crippen LogP contribution in [0.1, 0.15) is 5.56 Å². The molecule has 0 fully saturated rings. The van der Waals surface area contributed by atoms with E-state index in [0.29, 0.717) is 0 Å². The fourth-order valence-electron chi connectivity index (χ4n) is 1.98. The van der Waals surface area contributed by atoms with E-state index in [1.165, 1.54) is 10.8 Å². The van der Waals surface area contributed by atoms with E-state index in [-0.39, 0.29) is 0 Å². The Hall–Kier alpha value is -2.40. The van der Waals surface area contributed by atoms with Gasteiger partial charge in [-0.25, -0.2) is 4.68 Å². The zero-order valence-electron chi connectivity index (χ0n) is 11.4. The summed E-state index contributed by atoms with van der Waals surface area (Å²) in [5.41, 5.74) is 1.49. The average molecular weight is 300 g/mol. The largest absolute Gasteiger partial charge is 0.497 e. The maximum Gasteiger partial charge on any atom is 0.215 e. The Labute approximate surface area is 125 Å². The number of rotatable bonds is 4. The van der Waals surface area contributed by atoms with Crippen LogP contribution in [0.4, 0.5) is 4.39 Å². The van der Waals surface area contributed by atoms with Gasteiger partial charge in [0.05, 0.1) is 23.9 Å². The summed E-state index contributed by atoms with van der Waals surface area (Å²) in [6.07, 6.45) is 3.04. The molecule has 21 heavy (non-hydrogen) atoms. The number of aromatic nitrogens is 2. The molecule has 0 bridgehead atoms. The molecule has 0 N–H and O–H groups in total. The van der Waals surface area contributed by atoms with Gasteiger partial charge in [0.25, 0.3) is 0 Å². The third-order valence-corrected chi connectivity index (χ3v) is 3.91. The minimum Gasteiger partial charge on any atom is -0.497 e. The second-order valence-corrected chi connectivity index (χ2v) is 5.29. The lowest BCUT2D eigenvalue weighted by Gasteiger charge is -2.04. The second-order valence-electron chi connectivity index (χ2n) is 4.35. The fraction of sp³-hybridized carbons (Fsp3) is 0.0625. The molecule has 3 rings (SSSR count). The Morgan fingerprint density at radius 2 is 2.05 bits per heavy atom. The highest BCUT2D eigenvalue weighted by molar-refractivity contribution is 7.13. The van der Waals surface area contributed by atoms with E-state index in [4.69, 9.17) is 4.74 Å². The van der Waals surface area contributed by atoms with Gasteiger partial charge in [-0.3, -0.25) is 0 Å². The SMILES string of the molecule is COc1ccc(/C=C(/F)n2nccc2-c2cccs2)cc1. The minimum atomic E-state index is -0.423. The molecule has 1 aromatic carbocycles. The molecule has 106 valence electrons. The summed E-state index contributed by atoms with van der Waals surface area (Å²) in [6.45, 7) is 0. The lowest BCUT2D eigenvalue weighted by Crippen LogP contribution is -1.96. The van der Waals surface area contributed by atoms with Crippen LogP contribution in [-0.4, -0.2) is 16.9 Å². The van der Waals surface area contributed by atoms with Gasteiger partial charge >= 0.3 is 0 Å². The molecule has 5 heteroatoms. The van der Waals surface area contributed by atoms with Crippen LogP contribution in [0.15, 0.2) is 54.0 Å². The van der Waals surface area contributed by atoms with Gasteiger partial charge in [0.1, 0.15) is 5.75 Å². The standard InChI is InChI=1S/C16H13FN2OS/c1-20-13-6-4-12(5-7-13)11-16(17)19-14(8-9-18-19)15-3-2-10-21-15/h2-11H,1H3/b16-11-. The summed E-state index contributed by atoms with van der Waals surface area (Å²) in [6, 6.07) is 12.9. The third-order valence-electron chi connectivity index (χ3n) is 3.02. The number of ether oxygens (including phenoxy) is 1. The topological polar surface area (TPSA) is 27.1 Å². The lowest BCUT2D eigenvalue weighted by atomic mass is 10.2. The summed E-state index contributed by atoms with van der Waals surface area (Å²) >= 11 is 1.55. The molecule has 2 aromatic heterocycles. The van der Waals surface area contributed by atoms with Gasteiger partial charge in [-0.2, -0.15) is 9.49 Å². The van der Waals surface area contributed by atoms with E-state index in [2.05, 4.69) is 5.10 Å². The van der Waals surface area contributed by atoms with Gasteiger partial charge in [-0.1, -0.05) is 18.2 Å². The third kappa shape index (κ3) is 2.87. The van der Waals surface area contributed by atoms with Gasteiger partial charge in [-0.05, 0) is 35.2 Å². The van der Waals surface area contributed by atoms with Crippen molar-refractivity contribution in [1.29, 1.82) is 0 Å². The summed E-state index contributed by atoms with van der Waals surface area (Å²) in [5, 5.41) is 6.01. The molecule has 0 aliphatic rings. The van der Waals surface area contributed by atoms with Crippen LogP contribution in [0.25, 0.3) is 22.6 Å². The van der Waals surface area contributed by atoms with E-state index < -0.39 is 5.95 Å². The van der Waals surface area contributed by atoms with Crippen molar-refractivity contribution in [2.24, 2.45) is 0 Å². The molecule has 0 saturated heterocycles. The molecule has 0 amide bonds. The maximum atomic E-state index is 14.4. The van der Waals surface area contributed by atoms with Crippen LogP contribution >= 0.6 is 11.3 Å². The molecule has 3 aromatic rings. The zero-order chi connectivity index (χ0) is 14.7. The summed E-state index contributed by atoms with van der Waals surface area (Å²) < 4.78 is 20.8. The average Bonchev–Trinajstić information content (AvgIpc) is 3.18. The summed E-state index contributed by atoms with van der Waals surface area (Å²) in [4.78, 5) is 0.978. The number of hydrogen-bond donors (Lipinski definition) is 0. The summed E-state index contributed by atoms with van der Waals surface area (Å²) in [5.74, 6) is 0.319. The Bertz CT molecular complexity index is 745. The molecule has 0 spiro atoms. The zero-order valence-corrected chi connectivity index (χ0v) is 12.2. The predicted octanol–water partition coefficient (Wildman–Crippen LogP) is 4.55. The van der Waals surface area contributed by atoms with Crippen molar-refractivity contribution in [2.75, 3.05) is 7.11 Å². The molecule has 0 unspecified atom stereocenters. The molecule has 2 heterocycles. The van der Waals surface area contributed by atoms with E-state index in [1.54, 1.807) is 55.0 Å². The molecule has 0 atom stereocenters. The smallest absolute Gasteiger partial charge is 0.215 e. The Morgan fingerprint density at radius 3 is 2.71 bits per heavy atom. The van der Waals surface area contributed by atoms with Gasteiger partial charge in [0.2, 0.25) is 5.95 Å². The summed E-state index contributed by atoms with van der Waals surface area (Å²) in [7, 11) is 1.60. The van der Waals surface area contributed by atoms with Crippen molar-refractivity contribution in [3.8, 4) is 16.3 Å². The first-order valence-corrected chi connectivity index (χ1v) is 7.25. The van der Waals surface area contributed by atoms with Crippen molar-refractivity contribution in [3.63, 3.8) is 0 Å². The molecular weight excluding hydrogens is 287 g/mol. The van der Waals surface area contributed by atoms with Crippen LogP contribution < -0.4 is 4.74 Å². The van der Waals surface area contributed by atoms with E-state index in [1.807, 2.05) is 17.5 Å². The van der Waals surface area contributed by atoms with E-state index in [0.717, 1.165) is 21.9 Å².